The number of benzene rings is 2. The van der Waals surface area contributed by atoms with Crippen LogP contribution >= 0.6 is 0 Å². The molecular weight excluding hydrogens is 336 g/mol. The summed E-state index contributed by atoms with van der Waals surface area (Å²) in [5.41, 5.74) is 3.93. The van der Waals surface area contributed by atoms with Gasteiger partial charge in [-0.3, -0.25) is 4.79 Å². The van der Waals surface area contributed by atoms with Crippen molar-refractivity contribution in [3.8, 4) is 6.07 Å². The maximum Gasteiger partial charge on any atom is 0.224 e. The van der Waals surface area contributed by atoms with Gasteiger partial charge in [-0.25, -0.2) is 0 Å². The predicted molar refractivity (Wildman–Crippen MR) is 109 cm³/mol. The number of para-hydroxylation sites is 2. The van der Waals surface area contributed by atoms with Crippen molar-refractivity contribution in [2.45, 2.75) is 19.8 Å². The van der Waals surface area contributed by atoms with Crippen LogP contribution in [0.3, 0.4) is 0 Å². The number of anilines is 2. The van der Waals surface area contributed by atoms with Crippen molar-refractivity contribution in [3.05, 3.63) is 59.7 Å². The lowest BCUT2D eigenvalue weighted by Crippen LogP contribution is -2.36. The van der Waals surface area contributed by atoms with E-state index in [-0.39, 0.29) is 5.91 Å². The molecule has 2 aromatic rings. The largest absolute Gasteiger partial charge is 0.384 e. The normalized spacial score (nSPS) is 14.4. The van der Waals surface area contributed by atoms with Crippen molar-refractivity contribution in [1.29, 1.82) is 5.26 Å². The molecule has 0 aromatic heterocycles. The molecule has 2 aromatic carbocycles. The van der Waals surface area contributed by atoms with E-state index in [1.165, 1.54) is 5.56 Å². The first-order valence-corrected chi connectivity index (χ1v) is 9.50. The van der Waals surface area contributed by atoms with E-state index in [4.69, 9.17) is 0 Å². The standard InChI is InChI=1S/C22H26N4O/c1-18-7-2-4-9-20(18)24-12-11-22(27)26-14-6-13-25(15-16-26)21-10-5-3-8-19(21)17-23/h2-5,7-10,24H,6,11-16H2,1H3. The average molecular weight is 362 g/mol. The van der Waals surface area contributed by atoms with E-state index in [1.54, 1.807) is 0 Å². The molecule has 0 saturated carbocycles. The zero-order valence-electron chi connectivity index (χ0n) is 15.8. The van der Waals surface area contributed by atoms with Gasteiger partial charge >= 0.3 is 0 Å². The van der Waals surface area contributed by atoms with Crippen molar-refractivity contribution < 1.29 is 4.79 Å². The summed E-state index contributed by atoms with van der Waals surface area (Å²) in [6, 6.07) is 18.1. The van der Waals surface area contributed by atoms with Crippen molar-refractivity contribution in [3.63, 3.8) is 0 Å². The van der Waals surface area contributed by atoms with Gasteiger partial charge in [-0.2, -0.15) is 5.26 Å². The second-order valence-corrected chi connectivity index (χ2v) is 6.84. The number of hydrogen-bond donors (Lipinski definition) is 1. The van der Waals surface area contributed by atoms with Crippen molar-refractivity contribution in [1.82, 2.24) is 4.90 Å². The van der Waals surface area contributed by atoms with Crippen molar-refractivity contribution in [2.75, 3.05) is 42.9 Å². The Labute approximate surface area is 161 Å². The molecule has 1 saturated heterocycles. The Bertz CT molecular complexity index is 827. The highest BCUT2D eigenvalue weighted by Gasteiger charge is 2.20. The molecule has 0 unspecified atom stereocenters. The van der Waals surface area contributed by atoms with Gasteiger partial charge in [0.2, 0.25) is 5.91 Å². The van der Waals surface area contributed by atoms with Gasteiger partial charge in [0.15, 0.2) is 0 Å². The number of amides is 1. The molecule has 140 valence electrons. The summed E-state index contributed by atoms with van der Waals surface area (Å²) >= 11 is 0. The average Bonchev–Trinajstić information content (AvgIpc) is 2.95. The Kier molecular flexibility index (Phi) is 6.32. The lowest BCUT2D eigenvalue weighted by atomic mass is 10.1. The third-order valence-electron chi connectivity index (χ3n) is 5.01. The molecule has 1 aliphatic rings. The maximum absolute atomic E-state index is 12.6. The third kappa shape index (κ3) is 4.79. The lowest BCUT2D eigenvalue weighted by molar-refractivity contribution is -0.130. The number of nitrogens with zero attached hydrogens (tertiary/aromatic N) is 3. The topological polar surface area (TPSA) is 59.4 Å². The summed E-state index contributed by atoms with van der Waals surface area (Å²) in [7, 11) is 0. The van der Waals surface area contributed by atoms with Gasteiger partial charge in [0.25, 0.3) is 0 Å². The number of rotatable bonds is 5. The SMILES string of the molecule is Cc1ccccc1NCCC(=O)N1CCCN(c2ccccc2C#N)CC1. The summed E-state index contributed by atoms with van der Waals surface area (Å²) < 4.78 is 0. The van der Waals surface area contributed by atoms with Crippen LogP contribution in [0.4, 0.5) is 11.4 Å². The Hall–Kier alpha value is -3.00. The third-order valence-corrected chi connectivity index (χ3v) is 5.01. The summed E-state index contributed by atoms with van der Waals surface area (Å²) in [6.07, 6.45) is 1.40. The minimum absolute atomic E-state index is 0.187. The van der Waals surface area contributed by atoms with E-state index >= 15 is 0 Å². The first kappa shape index (κ1) is 18.8. The number of carbonyl (C=O) groups excluding carboxylic acids is 1. The Balaban J connectivity index is 1.52. The van der Waals surface area contributed by atoms with Gasteiger partial charge in [0.05, 0.1) is 11.3 Å². The fourth-order valence-corrected chi connectivity index (χ4v) is 3.49. The number of nitrogens with one attached hydrogen (secondary N) is 1. The van der Waals surface area contributed by atoms with Gasteiger partial charge < -0.3 is 15.1 Å². The van der Waals surface area contributed by atoms with Gasteiger partial charge in [-0.1, -0.05) is 30.3 Å². The van der Waals surface area contributed by atoms with Crippen LogP contribution in [-0.4, -0.2) is 43.5 Å². The van der Waals surface area contributed by atoms with Crippen LogP contribution in [0.5, 0.6) is 0 Å². The fourth-order valence-electron chi connectivity index (χ4n) is 3.49. The molecule has 5 heteroatoms. The van der Waals surface area contributed by atoms with E-state index < -0.39 is 0 Å². The summed E-state index contributed by atoms with van der Waals surface area (Å²) in [6.45, 7) is 5.80. The highest BCUT2D eigenvalue weighted by Crippen LogP contribution is 2.21. The molecule has 1 N–H and O–H groups in total. The van der Waals surface area contributed by atoms with Gasteiger partial charge in [0, 0.05) is 44.8 Å². The molecular formula is C22H26N4O. The number of hydrogen-bond acceptors (Lipinski definition) is 4. The molecule has 0 atom stereocenters. The quantitative estimate of drug-likeness (QED) is 0.885. The molecule has 0 radical (unpaired) electrons. The van der Waals surface area contributed by atoms with Crippen LogP contribution in [-0.2, 0) is 4.79 Å². The zero-order chi connectivity index (χ0) is 19.1. The van der Waals surface area contributed by atoms with Crippen LogP contribution in [0.1, 0.15) is 24.0 Å². The Morgan fingerprint density at radius 2 is 1.85 bits per heavy atom. The Morgan fingerprint density at radius 3 is 2.67 bits per heavy atom. The monoisotopic (exact) mass is 362 g/mol. The van der Waals surface area contributed by atoms with Gasteiger partial charge in [-0.15, -0.1) is 0 Å². The molecule has 1 amide bonds. The molecule has 0 aliphatic carbocycles. The fraction of sp³-hybridized carbons (Fsp3) is 0.364. The zero-order valence-corrected chi connectivity index (χ0v) is 15.8. The highest BCUT2D eigenvalue weighted by molar-refractivity contribution is 5.77. The van der Waals surface area contributed by atoms with E-state index in [1.807, 2.05) is 47.4 Å². The summed E-state index contributed by atoms with van der Waals surface area (Å²) in [5, 5.41) is 12.7. The summed E-state index contributed by atoms with van der Waals surface area (Å²) in [4.78, 5) is 16.8. The van der Waals surface area contributed by atoms with Crippen LogP contribution in [0.2, 0.25) is 0 Å². The van der Waals surface area contributed by atoms with E-state index in [9.17, 15) is 10.1 Å². The maximum atomic E-state index is 12.6. The summed E-state index contributed by atoms with van der Waals surface area (Å²) in [5.74, 6) is 0.187. The van der Waals surface area contributed by atoms with Crippen LogP contribution < -0.4 is 10.2 Å². The highest BCUT2D eigenvalue weighted by atomic mass is 16.2. The Morgan fingerprint density at radius 1 is 1.07 bits per heavy atom. The molecule has 0 bridgehead atoms. The molecule has 3 rings (SSSR count). The van der Waals surface area contributed by atoms with Crippen LogP contribution in [0.15, 0.2) is 48.5 Å². The number of aryl methyl sites for hydroxylation is 1. The smallest absolute Gasteiger partial charge is 0.224 e. The van der Waals surface area contributed by atoms with E-state index in [2.05, 4.69) is 29.3 Å². The first-order chi connectivity index (χ1) is 13.2. The van der Waals surface area contributed by atoms with E-state index in [0.29, 0.717) is 25.1 Å². The molecule has 5 nitrogen and oxygen atoms in total. The van der Waals surface area contributed by atoms with Gasteiger partial charge in [-0.05, 0) is 37.1 Å². The molecule has 1 heterocycles. The molecule has 27 heavy (non-hydrogen) atoms. The van der Waals surface area contributed by atoms with Crippen molar-refractivity contribution >= 4 is 17.3 Å². The van der Waals surface area contributed by atoms with Gasteiger partial charge in [0.1, 0.15) is 6.07 Å². The predicted octanol–water partition coefficient (Wildman–Crippen LogP) is 3.41. The van der Waals surface area contributed by atoms with Crippen molar-refractivity contribution in [2.24, 2.45) is 0 Å². The minimum atomic E-state index is 0.187. The van der Waals surface area contributed by atoms with E-state index in [0.717, 1.165) is 37.4 Å². The second-order valence-electron chi connectivity index (χ2n) is 6.84. The number of nitriles is 1. The minimum Gasteiger partial charge on any atom is -0.384 e. The van der Waals surface area contributed by atoms with Crippen LogP contribution in [0, 0.1) is 18.3 Å². The molecule has 0 spiro atoms. The van der Waals surface area contributed by atoms with Crippen LogP contribution in [0.25, 0.3) is 0 Å². The number of carbonyl (C=O) groups is 1. The molecule has 1 aliphatic heterocycles. The first-order valence-electron chi connectivity index (χ1n) is 9.50. The lowest BCUT2D eigenvalue weighted by Gasteiger charge is -2.24. The molecule has 1 fully saturated rings. The second kappa shape index (κ2) is 9.09.